The molecule has 5 heteroatoms. The van der Waals surface area contributed by atoms with Crippen LogP contribution in [0.5, 0.6) is 0 Å². The Morgan fingerprint density at radius 1 is 1.22 bits per heavy atom. The largest absolute Gasteiger partial charge is 0.360 e. The third-order valence-electron chi connectivity index (χ3n) is 4.18. The molecule has 3 nitrogen and oxygen atoms in total. The first kappa shape index (κ1) is 16.2. The number of carbonyl (C=O) groups excluding carboxylic acids is 1. The second kappa shape index (κ2) is 6.81. The van der Waals surface area contributed by atoms with Gasteiger partial charge >= 0.3 is 0 Å². The second-order valence-corrected chi connectivity index (χ2v) is 6.56. The van der Waals surface area contributed by atoms with Gasteiger partial charge in [0.2, 0.25) is 5.91 Å². The highest BCUT2D eigenvalue weighted by Crippen LogP contribution is 2.30. The van der Waals surface area contributed by atoms with E-state index in [0.717, 1.165) is 25.1 Å². The van der Waals surface area contributed by atoms with Crippen LogP contribution in [0.4, 0.5) is 11.4 Å². The van der Waals surface area contributed by atoms with Crippen molar-refractivity contribution in [2.24, 2.45) is 0 Å². The maximum Gasteiger partial charge on any atom is 0.246 e. The molecule has 0 aromatic heterocycles. The molecule has 1 aliphatic rings. The van der Waals surface area contributed by atoms with Crippen LogP contribution in [0, 0.1) is 0 Å². The van der Waals surface area contributed by atoms with Gasteiger partial charge in [0.15, 0.2) is 0 Å². The Morgan fingerprint density at radius 2 is 2.00 bits per heavy atom. The van der Waals surface area contributed by atoms with E-state index in [1.54, 1.807) is 18.2 Å². The van der Waals surface area contributed by atoms with Crippen LogP contribution in [0.25, 0.3) is 0 Å². The van der Waals surface area contributed by atoms with Crippen molar-refractivity contribution in [2.75, 3.05) is 16.8 Å². The molecule has 3 rings (SSSR count). The Labute approximate surface area is 146 Å². The predicted octanol–water partition coefficient (Wildman–Crippen LogP) is 4.77. The molecule has 2 aromatic rings. The average Bonchev–Trinajstić information content (AvgIpc) is 2.56. The summed E-state index contributed by atoms with van der Waals surface area (Å²) in [6.45, 7) is 2.79. The van der Waals surface area contributed by atoms with Crippen molar-refractivity contribution in [1.29, 1.82) is 0 Å². The number of hydrogen-bond acceptors (Lipinski definition) is 2. The lowest BCUT2D eigenvalue weighted by Gasteiger charge is -2.35. The highest BCUT2D eigenvalue weighted by atomic mass is 35.5. The smallest absolute Gasteiger partial charge is 0.246 e. The molecular weight excluding hydrogens is 331 g/mol. The standard InChI is InChI=1S/C18H18Cl2N2O/c1-12(18(23)21-16-9-8-14(19)11-15(16)20)22-10-4-6-13-5-2-3-7-17(13)22/h2-3,5,7-9,11-12H,4,6,10H2,1H3,(H,21,23)/t12-/m0/s1. The van der Waals surface area contributed by atoms with Crippen LogP contribution in [0.2, 0.25) is 10.0 Å². The summed E-state index contributed by atoms with van der Waals surface area (Å²) in [5.74, 6) is -0.0778. The quantitative estimate of drug-likeness (QED) is 0.865. The highest BCUT2D eigenvalue weighted by Gasteiger charge is 2.26. The number of rotatable bonds is 3. The number of fused-ring (bicyclic) bond motifs is 1. The Kier molecular flexibility index (Phi) is 4.79. The van der Waals surface area contributed by atoms with Crippen LogP contribution in [-0.2, 0) is 11.2 Å². The fraction of sp³-hybridized carbons (Fsp3) is 0.278. The van der Waals surface area contributed by atoms with Crippen LogP contribution >= 0.6 is 23.2 Å². The van der Waals surface area contributed by atoms with Crippen molar-refractivity contribution >= 4 is 40.5 Å². The molecule has 0 aliphatic carbocycles. The summed E-state index contributed by atoms with van der Waals surface area (Å²) < 4.78 is 0. The summed E-state index contributed by atoms with van der Waals surface area (Å²) in [5.41, 5.74) is 3.02. The van der Waals surface area contributed by atoms with Crippen LogP contribution in [0.1, 0.15) is 18.9 Å². The summed E-state index contributed by atoms with van der Waals surface area (Å²) in [5, 5.41) is 3.88. The van der Waals surface area contributed by atoms with Gasteiger partial charge in [0.1, 0.15) is 6.04 Å². The zero-order chi connectivity index (χ0) is 16.4. The molecule has 0 saturated heterocycles. The van der Waals surface area contributed by atoms with Gasteiger partial charge in [0.25, 0.3) is 0 Å². The number of benzene rings is 2. The number of para-hydroxylation sites is 1. The van der Waals surface area contributed by atoms with Crippen LogP contribution in [-0.4, -0.2) is 18.5 Å². The molecule has 120 valence electrons. The predicted molar refractivity (Wildman–Crippen MR) is 96.7 cm³/mol. The number of carbonyl (C=O) groups is 1. The first-order valence-corrected chi connectivity index (χ1v) is 8.42. The molecule has 1 atom stereocenters. The summed E-state index contributed by atoms with van der Waals surface area (Å²) in [6.07, 6.45) is 2.11. The lowest BCUT2D eigenvalue weighted by Crippen LogP contribution is -2.44. The number of aryl methyl sites for hydroxylation is 1. The van der Waals surface area contributed by atoms with Gasteiger partial charge in [-0.05, 0) is 49.6 Å². The van der Waals surface area contributed by atoms with Crippen molar-refractivity contribution in [3.63, 3.8) is 0 Å². The second-order valence-electron chi connectivity index (χ2n) is 5.72. The van der Waals surface area contributed by atoms with E-state index in [2.05, 4.69) is 22.3 Å². The van der Waals surface area contributed by atoms with Crippen molar-refractivity contribution < 1.29 is 4.79 Å². The van der Waals surface area contributed by atoms with Crippen molar-refractivity contribution in [3.8, 4) is 0 Å². The van der Waals surface area contributed by atoms with Gasteiger partial charge < -0.3 is 10.2 Å². The number of anilines is 2. The van der Waals surface area contributed by atoms with Crippen molar-refractivity contribution in [1.82, 2.24) is 0 Å². The van der Waals surface area contributed by atoms with Crippen molar-refractivity contribution in [3.05, 3.63) is 58.1 Å². The Morgan fingerprint density at radius 3 is 2.78 bits per heavy atom. The molecule has 0 fully saturated rings. The number of amides is 1. The fourth-order valence-corrected chi connectivity index (χ4v) is 3.39. The van der Waals surface area contributed by atoms with Crippen LogP contribution in [0.15, 0.2) is 42.5 Å². The van der Waals surface area contributed by atoms with Gasteiger partial charge in [-0.1, -0.05) is 41.4 Å². The van der Waals surface area contributed by atoms with E-state index in [0.29, 0.717) is 15.7 Å². The molecule has 0 bridgehead atoms. The number of halogens is 2. The normalized spacial score (nSPS) is 15.0. The van der Waals surface area contributed by atoms with Crippen LogP contribution < -0.4 is 10.2 Å². The SMILES string of the molecule is C[C@@H](C(=O)Nc1ccc(Cl)cc1Cl)N1CCCc2ccccc21. The maximum absolute atomic E-state index is 12.6. The van der Waals surface area contributed by atoms with Crippen LogP contribution in [0.3, 0.4) is 0 Å². The third kappa shape index (κ3) is 3.46. The highest BCUT2D eigenvalue weighted by molar-refractivity contribution is 6.36. The molecule has 2 aromatic carbocycles. The number of nitrogens with one attached hydrogen (secondary N) is 1. The summed E-state index contributed by atoms with van der Waals surface area (Å²) >= 11 is 12.0. The van der Waals surface area contributed by atoms with Crippen molar-refractivity contribution in [2.45, 2.75) is 25.8 Å². The minimum absolute atomic E-state index is 0.0778. The van der Waals surface area contributed by atoms with Gasteiger partial charge in [-0.2, -0.15) is 0 Å². The van der Waals surface area contributed by atoms with Gasteiger partial charge in [-0.25, -0.2) is 0 Å². The van der Waals surface area contributed by atoms with E-state index in [-0.39, 0.29) is 11.9 Å². The lowest BCUT2D eigenvalue weighted by atomic mass is 10.00. The maximum atomic E-state index is 12.6. The van der Waals surface area contributed by atoms with E-state index >= 15 is 0 Å². The summed E-state index contributed by atoms with van der Waals surface area (Å²) in [7, 11) is 0. The third-order valence-corrected chi connectivity index (χ3v) is 4.73. The minimum Gasteiger partial charge on any atom is -0.360 e. The molecule has 1 aliphatic heterocycles. The van der Waals surface area contributed by atoms with E-state index in [1.165, 1.54) is 5.56 Å². The molecular formula is C18H18Cl2N2O. The number of hydrogen-bond donors (Lipinski definition) is 1. The number of nitrogens with zero attached hydrogens (tertiary/aromatic N) is 1. The Balaban J connectivity index is 1.78. The lowest BCUT2D eigenvalue weighted by molar-refractivity contribution is -0.117. The monoisotopic (exact) mass is 348 g/mol. The summed E-state index contributed by atoms with van der Waals surface area (Å²) in [6, 6.07) is 13.0. The van der Waals surface area contributed by atoms with Gasteiger partial charge in [-0.3, -0.25) is 4.79 Å². The minimum atomic E-state index is -0.275. The average molecular weight is 349 g/mol. The van der Waals surface area contributed by atoms with E-state index in [9.17, 15) is 4.79 Å². The van der Waals surface area contributed by atoms with E-state index in [4.69, 9.17) is 23.2 Å². The zero-order valence-electron chi connectivity index (χ0n) is 12.9. The first-order chi connectivity index (χ1) is 11.1. The molecule has 0 radical (unpaired) electrons. The Hall–Kier alpha value is -1.71. The molecule has 0 saturated carbocycles. The molecule has 0 unspecified atom stereocenters. The fourth-order valence-electron chi connectivity index (χ4n) is 2.93. The molecule has 1 amide bonds. The van der Waals surface area contributed by atoms with Gasteiger partial charge in [0.05, 0.1) is 10.7 Å². The van der Waals surface area contributed by atoms with E-state index in [1.807, 2.05) is 19.1 Å². The van der Waals surface area contributed by atoms with E-state index < -0.39 is 0 Å². The zero-order valence-corrected chi connectivity index (χ0v) is 14.4. The first-order valence-electron chi connectivity index (χ1n) is 7.67. The molecule has 0 spiro atoms. The van der Waals surface area contributed by atoms with Gasteiger partial charge in [-0.15, -0.1) is 0 Å². The Bertz CT molecular complexity index is 733. The molecule has 1 N–H and O–H groups in total. The molecule has 23 heavy (non-hydrogen) atoms. The topological polar surface area (TPSA) is 32.3 Å². The molecule has 1 heterocycles. The van der Waals surface area contributed by atoms with Gasteiger partial charge in [0, 0.05) is 17.3 Å². The summed E-state index contributed by atoms with van der Waals surface area (Å²) in [4.78, 5) is 14.8.